The molecule has 1 N–H and O–H groups in total. The number of ether oxygens (including phenoxy) is 3. The van der Waals surface area contributed by atoms with E-state index in [1.165, 1.54) is 0 Å². The van der Waals surface area contributed by atoms with Gasteiger partial charge >= 0.3 is 18.0 Å². The second kappa shape index (κ2) is 10.8. The number of nitrogens with one attached hydrogen (secondary N) is 1. The van der Waals surface area contributed by atoms with Gasteiger partial charge in [-0.25, -0.2) is 14.4 Å². The van der Waals surface area contributed by atoms with Gasteiger partial charge in [0.1, 0.15) is 12.7 Å². The lowest BCUT2D eigenvalue weighted by molar-refractivity contribution is -0.138. The van der Waals surface area contributed by atoms with E-state index < -0.39 is 24.1 Å². The van der Waals surface area contributed by atoms with Crippen LogP contribution in [0.5, 0.6) is 0 Å². The minimum absolute atomic E-state index is 0.0263. The molecule has 0 heterocycles. The van der Waals surface area contributed by atoms with Crippen LogP contribution in [0.3, 0.4) is 0 Å². The maximum absolute atomic E-state index is 12.2. The topological polar surface area (TPSA) is 90.9 Å². The Balaban J connectivity index is 1.66. The quantitative estimate of drug-likeness (QED) is 0.300. The predicted octanol–water partition coefficient (Wildman–Crippen LogP) is 3.62. The summed E-state index contributed by atoms with van der Waals surface area (Å²) in [6.45, 7) is 6.97. The zero-order valence-electron chi connectivity index (χ0n) is 16.6. The molecule has 1 unspecified atom stereocenters. The zero-order valence-corrected chi connectivity index (χ0v) is 16.6. The van der Waals surface area contributed by atoms with Gasteiger partial charge < -0.3 is 19.5 Å². The fourth-order valence-corrected chi connectivity index (χ4v) is 2.42. The van der Waals surface area contributed by atoms with Crippen LogP contribution in [0.1, 0.15) is 30.6 Å². The first-order valence-electron chi connectivity index (χ1n) is 9.30. The number of rotatable bonds is 9. The van der Waals surface area contributed by atoms with Crippen LogP contribution in [0.25, 0.3) is 10.8 Å². The van der Waals surface area contributed by atoms with Crippen molar-refractivity contribution in [3.8, 4) is 0 Å². The Morgan fingerprint density at radius 1 is 1.03 bits per heavy atom. The second-order valence-electron chi connectivity index (χ2n) is 6.55. The van der Waals surface area contributed by atoms with Crippen LogP contribution in [0.4, 0.5) is 4.79 Å². The first kappa shape index (κ1) is 21.9. The SMILES string of the molecule is C=C(C)C(=O)OCCNC(=O)OC(C)CCOC(=O)c1ccc2ccccc2c1. The Morgan fingerprint density at radius 3 is 2.48 bits per heavy atom. The van der Waals surface area contributed by atoms with Crippen molar-refractivity contribution in [2.75, 3.05) is 19.8 Å². The smallest absolute Gasteiger partial charge is 0.407 e. The van der Waals surface area contributed by atoms with Gasteiger partial charge in [-0.1, -0.05) is 36.9 Å². The molecule has 0 aliphatic rings. The summed E-state index contributed by atoms with van der Waals surface area (Å²) in [5.41, 5.74) is 0.763. The number of carbonyl (C=O) groups is 3. The van der Waals surface area contributed by atoms with Gasteiger partial charge in [-0.15, -0.1) is 0 Å². The zero-order chi connectivity index (χ0) is 21.2. The summed E-state index contributed by atoms with van der Waals surface area (Å²) in [5.74, 6) is -0.937. The summed E-state index contributed by atoms with van der Waals surface area (Å²) in [5, 5.41) is 4.48. The van der Waals surface area contributed by atoms with Gasteiger partial charge in [-0.05, 0) is 36.8 Å². The van der Waals surface area contributed by atoms with E-state index in [0.717, 1.165) is 10.8 Å². The second-order valence-corrected chi connectivity index (χ2v) is 6.55. The first-order valence-corrected chi connectivity index (χ1v) is 9.30. The molecule has 0 fully saturated rings. The molecule has 0 bridgehead atoms. The van der Waals surface area contributed by atoms with Crippen LogP contribution >= 0.6 is 0 Å². The molecule has 7 nitrogen and oxygen atoms in total. The molecule has 29 heavy (non-hydrogen) atoms. The number of carbonyl (C=O) groups excluding carboxylic acids is 3. The van der Waals surface area contributed by atoms with E-state index in [9.17, 15) is 14.4 Å². The van der Waals surface area contributed by atoms with Gasteiger partial charge in [-0.2, -0.15) is 0 Å². The molecule has 154 valence electrons. The molecule has 0 aliphatic carbocycles. The molecule has 2 aromatic carbocycles. The molecule has 0 aromatic heterocycles. The molecule has 7 heteroatoms. The van der Waals surface area contributed by atoms with E-state index in [-0.39, 0.29) is 19.8 Å². The molecular formula is C22H25NO6. The molecule has 0 saturated heterocycles. The van der Waals surface area contributed by atoms with Crippen LogP contribution in [-0.2, 0) is 19.0 Å². The Labute approximate surface area is 169 Å². The molecule has 0 aliphatic heterocycles. The summed E-state index contributed by atoms with van der Waals surface area (Å²) in [6, 6.07) is 13.1. The summed E-state index contributed by atoms with van der Waals surface area (Å²) in [6.07, 6.45) is -0.723. The third kappa shape index (κ3) is 7.29. The number of amides is 1. The fraction of sp³-hybridized carbons (Fsp3) is 0.318. The summed E-state index contributed by atoms with van der Waals surface area (Å²) in [4.78, 5) is 35.1. The van der Waals surface area contributed by atoms with Gasteiger partial charge in [0, 0.05) is 12.0 Å². The van der Waals surface area contributed by atoms with Crippen molar-refractivity contribution in [2.24, 2.45) is 0 Å². The molecule has 1 amide bonds. The number of esters is 2. The average molecular weight is 399 g/mol. The van der Waals surface area contributed by atoms with E-state index in [4.69, 9.17) is 14.2 Å². The van der Waals surface area contributed by atoms with E-state index >= 15 is 0 Å². The van der Waals surface area contributed by atoms with E-state index in [1.807, 2.05) is 30.3 Å². The Hall–Kier alpha value is -3.35. The lowest BCUT2D eigenvalue weighted by Crippen LogP contribution is -2.31. The monoisotopic (exact) mass is 399 g/mol. The molecular weight excluding hydrogens is 374 g/mol. The number of alkyl carbamates (subject to hydrolysis) is 1. The Bertz CT molecular complexity index is 892. The molecule has 2 aromatic rings. The fourth-order valence-electron chi connectivity index (χ4n) is 2.42. The molecule has 1 atom stereocenters. The van der Waals surface area contributed by atoms with E-state index in [0.29, 0.717) is 17.6 Å². The van der Waals surface area contributed by atoms with Crippen LogP contribution in [0.15, 0.2) is 54.6 Å². The van der Waals surface area contributed by atoms with Crippen molar-refractivity contribution in [3.63, 3.8) is 0 Å². The molecule has 0 spiro atoms. The summed E-state index contributed by atoms with van der Waals surface area (Å²) < 4.78 is 15.3. The maximum atomic E-state index is 12.2. The minimum Gasteiger partial charge on any atom is -0.462 e. The third-order valence-corrected chi connectivity index (χ3v) is 4.00. The van der Waals surface area contributed by atoms with Crippen molar-refractivity contribution in [3.05, 3.63) is 60.2 Å². The summed E-state index contributed by atoms with van der Waals surface area (Å²) >= 11 is 0. The van der Waals surface area contributed by atoms with Crippen molar-refractivity contribution >= 4 is 28.8 Å². The van der Waals surface area contributed by atoms with E-state index in [2.05, 4.69) is 11.9 Å². The average Bonchev–Trinajstić information content (AvgIpc) is 2.70. The van der Waals surface area contributed by atoms with Crippen LogP contribution in [0.2, 0.25) is 0 Å². The largest absolute Gasteiger partial charge is 0.462 e. The number of hydrogen-bond acceptors (Lipinski definition) is 6. The summed E-state index contributed by atoms with van der Waals surface area (Å²) in [7, 11) is 0. The minimum atomic E-state index is -0.635. The van der Waals surface area contributed by atoms with Crippen molar-refractivity contribution in [1.29, 1.82) is 0 Å². The van der Waals surface area contributed by atoms with Crippen LogP contribution in [0, 0.1) is 0 Å². The van der Waals surface area contributed by atoms with Crippen molar-refractivity contribution in [1.82, 2.24) is 5.32 Å². The molecule has 0 radical (unpaired) electrons. The number of fused-ring (bicyclic) bond motifs is 1. The highest BCUT2D eigenvalue weighted by atomic mass is 16.6. The van der Waals surface area contributed by atoms with Crippen molar-refractivity contribution < 1.29 is 28.6 Å². The van der Waals surface area contributed by atoms with Gasteiger partial charge in [0.2, 0.25) is 0 Å². The standard InChI is InChI=1S/C22H25NO6/c1-15(2)20(24)28-13-11-23-22(26)29-16(3)10-12-27-21(25)19-9-8-17-6-4-5-7-18(17)14-19/h4-9,14,16H,1,10-13H2,2-3H3,(H,23,26). The van der Waals surface area contributed by atoms with Gasteiger partial charge in [0.25, 0.3) is 0 Å². The molecule has 0 saturated carbocycles. The Kier molecular flexibility index (Phi) is 8.21. The highest BCUT2D eigenvalue weighted by Gasteiger charge is 2.12. The van der Waals surface area contributed by atoms with Crippen LogP contribution in [-0.4, -0.2) is 43.9 Å². The highest BCUT2D eigenvalue weighted by molar-refractivity contribution is 5.95. The van der Waals surface area contributed by atoms with Crippen molar-refractivity contribution in [2.45, 2.75) is 26.4 Å². The van der Waals surface area contributed by atoms with Gasteiger partial charge in [-0.3, -0.25) is 0 Å². The third-order valence-electron chi connectivity index (χ3n) is 4.00. The lowest BCUT2D eigenvalue weighted by Gasteiger charge is -2.14. The van der Waals surface area contributed by atoms with E-state index in [1.54, 1.807) is 26.0 Å². The predicted molar refractivity (Wildman–Crippen MR) is 109 cm³/mol. The lowest BCUT2D eigenvalue weighted by atomic mass is 10.1. The molecule has 2 rings (SSSR count). The normalized spacial score (nSPS) is 11.4. The number of benzene rings is 2. The Morgan fingerprint density at radius 2 is 1.76 bits per heavy atom. The van der Waals surface area contributed by atoms with Crippen LogP contribution < -0.4 is 5.32 Å². The highest BCUT2D eigenvalue weighted by Crippen LogP contribution is 2.16. The maximum Gasteiger partial charge on any atom is 0.407 e. The van der Waals surface area contributed by atoms with Gasteiger partial charge in [0.05, 0.1) is 18.7 Å². The number of hydrogen-bond donors (Lipinski definition) is 1. The first-order chi connectivity index (χ1) is 13.9. The van der Waals surface area contributed by atoms with Gasteiger partial charge in [0.15, 0.2) is 0 Å².